The van der Waals surface area contributed by atoms with Crippen molar-refractivity contribution in [2.45, 2.75) is 45.6 Å². The average molecular weight is 374 g/mol. The Morgan fingerprint density at radius 1 is 1.07 bits per heavy atom. The number of hydrogen-bond donors (Lipinski definition) is 0. The minimum absolute atomic E-state index is 0.0122. The fourth-order valence-corrected chi connectivity index (χ4v) is 4.25. The van der Waals surface area contributed by atoms with E-state index in [9.17, 15) is 0 Å². The molecule has 0 amide bonds. The van der Waals surface area contributed by atoms with Gasteiger partial charge >= 0.3 is 5.89 Å². The number of nitrogens with zero attached hydrogens (tertiary/aromatic N) is 2. The van der Waals surface area contributed by atoms with Crippen molar-refractivity contribution in [3.63, 3.8) is 0 Å². The molecule has 3 aromatic rings. The van der Waals surface area contributed by atoms with Crippen LogP contribution in [-0.4, -0.2) is 7.05 Å². The third-order valence-corrected chi connectivity index (χ3v) is 5.81. The highest BCUT2D eigenvalue weighted by atomic mass is 16.3. The number of aryl methyl sites for hydroxylation is 1. The Morgan fingerprint density at radius 2 is 1.82 bits per heavy atom. The molecule has 0 fully saturated rings. The van der Waals surface area contributed by atoms with Gasteiger partial charge in [-0.1, -0.05) is 63.6 Å². The van der Waals surface area contributed by atoms with Crippen molar-refractivity contribution in [1.82, 2.24) is 0 Å². The molecule has 0 saturated carbocycles. The van der Waals surface area contributed by atoms with Crippen molar-refractivity contribution in [2.24, 2.45) is 0 Å². The maximum absolute atomic E-state index is 6.13. The Labute approximate surface area is 167 Å². The van der Waals surface area contributed by atoms with E-state index in [0.29, 0.717) is 0 Å². The number of anilines is 1. The summed E-state index contributed by atoms with van der Waals surface area (Å²) >= 11 is 0. The lowest BCUT2D eigenvalue weighted by atomic mass is 9.84. The number of fused-ring (bicyclic) bond motifs is 2. The van der Waals surface area contributed by atoms with Crippen LogP contribution in [0.15, 0.2) is 70.8 Å². The van der Waals surface area contributed by atoms with Crippen molar-refractivity contribution >= 4 is 22.9 Å². The molecule has 0 saturated heterocycles. The van der Waals surface area contributed by atoms with E-state index in [-0.39, 0.29) is 5.41 Å². The van der Waals surface area contributed by atoms with Crippen LogP contribution in [0.1, 0.15) is 45.1 Å². The van der Waals surface area contributed by atoms with E-state index < -0.39 is 0 Å². The number of hydrogen-bond acceptors (Lipinski definition) is 2. The van der Waals surface area contributed by atoms with E-state index >= 15 is 0 Å². The molecular weight excluding hydrogens is 344 g/mol. The highest BCUT2D eigenvalue weighted by molar-refractivity contribution is 5.71. The van der Waals surface area contributed by atoms with E-state index in [0.717, 1.165) is 36.4 Å². The molecule has 144 valence electrons. The van der Waals surface area contributed by atoms with Gasteiger partial charge in [0.05, 0.1) is 6.08 Å². The molecule has 0 spiro atoms. The maximum Gasteiger partial charge on any atom is 0.374 e. The molecule has 0 atom stereocenters. The highest BCUT2D eigenvalue weighted by Crippen LogP contribution is 2.46. The summed E-state index contributed by atoms with van der Waals surface area (Å²) in [5, 5.41) is 0. The van der Waals surface area contributed by atoms with Crippen molar-refractivity contribution in [3.05, 3.63) is 77.8 Å². The smallest absolute Gasteiger partial charge is 0.374 e. The number of allylic oxidation sites excluding steroid dienone is 3. The van der Waals surface area contributed by atoms with Crippen LogP contribution in [0.2, 0.25) is 0 Å². The van der Waals surface area contributed by atoms with Gasteiger partial charge in [0.25, 0.3) is 5.52 Å². The van der Waals surface area contributed by atoms with Gasteiger partial charge in [-0.05, 0) is 23.8 Å². The third-order valence-electron chi connectivity index (χ3n) is 5.81. The Kier molecular flexibility index (Phi) is 4.84. The Hall–Kier alpha value is -2.81. The van der Waals surface area contributed by atoms with Crippen LogP contribution in [-0.2, 0) is 12.0 Å². The largest absolute Gasteiger partial charge is 0.398 e. The van der Waals surface area contributed by atoms with Crippen molar-refractivity contribution < 1.29 is 8.98 Å². The van der Waals surface area contributed by atoms with E-state index in [1.54, 1.807) is 0 Å². The molecule has 2 heterocycles. The first kappa shape index (κ1) is 18.5. The SMILES string of the molecule is CCCC[n+]1c(/C=C/C=C2/N(C)c3ccccc3C2(C)C)oc2ccccc21. The summed E-state index contributed by atoms with van der Waals surface area (Å²) in [6, 6.07) is 16.9. The predicted molar refractivity (Wildman–Crippen MR) is 116 cm³/mol. The van der Waals surface area contributed by atoms with Gasteiger partial charge < -0.3 is 9.32 Å². The molecule has 0 unspecified atom stereocenters. The van der Waals surface area contributed by atoms with E-state index in [2.05, 4.69) is 91.9 Å². The zero-order chi connectivity index (χ0) is 19.7. The van der Waals surface area contributed by atoms with Gasteiger partial charge in [0, 0.05) is 36.3 Å². The molecule has 3 heteroatoms. The topological polar surface area (TPSA) is 20.3 Å². The van der Waals surface area contributed by atoms with Gasteiger partial charge in [0.15, 0.2) is 6.54 Å². The predicted octanol–water partition coefficient (Wildman–Crippen LogP) is 5.85. The minimum Gasteiger partial charge on any atom is -0.398 e. The lowest BCUT2D eigenvalue weighted by molar-refractivity contribution is -0.678. The van der Waals surface area contributed by atoms with Crippen molar-refractivity contribution in [3.8, 4) is 0 Å². The fourth-order valence-electron chi connectivity index (χ4n) is 4.25. The number of aromatic nitrogens is 1. The molecule has 0 radical (unpaired) electrons. The zero-order valence-electron chi connectivity index (χ0n) is 17.3. The fraction of sp³-hybridized carbons (Fsp3) is 0.320. The molecular formula is C25H29N2O+. The van der Waals surface area contributed by atoms with E-state index in [1.165, 1.54) is 16.9 Å². The Balaban J connectivity index is 1.69. The molecule has 1 aromatic heterocycles. The van der Waals surface area contributed by atoms with Gasteiger partial charge in [0.2, 0.25) is 5.58 Å². The number of benzene rings is 2. The van der Waals surface area contributed by atoms with Gasteiger partial charge in [-0.3, -0.25) is 0 Å². The van der Waals surface area contributed by atoms with Gasteiger partial charge in [0.1, 0.15) is 0 Å². The quantitative estimate of drug-likeness (QED) is 0.523. The first-order valence-electron chi connectivity index (χ1n) is 10.2. The van der Waals surface area contributed by atoms with Crippen LogP contribution < -0.4 is 9.47 Å². The number of unbranched alkanes of at least 4 members (excludes halogenated alkanes) is 1. The van der Waals surface area contributed by atoms with Crippen LogP contribution in [0.3, 0.4) is 0 Å². The molecule has 0 N–H and O–H groups in total. The summed E-state index contributed by atoms with van der Waals surface area (Å²) in [7, 11) is 2.15. The second-order valence-corrected chi connectivity index (χ2v) is 8.03. The number of likely N-dealkylation sites (N-methyl/N-ethyl adjacent to an activating group) is 1. The molecule has 0 bridgehead atoms. The number of rotatable bonds is 5. The lowest BCUT2D eigenvalue weighted by Crippen LogP contribution is -2.35. The lowest BCUT2D eigenvalue weighted by Gasteiger charge is -2.23. The summed E-state index contributed by atoms with van der Waals surface area (Å²) in [6.07, 6.45) is 8.74. The van der Waals surface area contributed by atoms with Gasteiger partial charge in [-0.15, -0.1) is 0 Å². The van der Waals surface area contributed by atoms with Gasteiger partial charge in [-0.25, -0.2) is 0 Å². The normalized spacial score (nSPS) is 17.1. The zero-order valence-corrected chi connectivity index (χ0v) is 17.3. The van der Waals surface area contributed by atoms with Crippen LogP contribution in [0.25, 0.3) is 17.2 Å². The average Bonchev–Trinajstić information content (AvgIpc) is 3.14. The first-order valence-corrected chi connectivity index (χ1v) is 10.2. The van der Waals surface area contributed by atoms with E-state index in [4.69, 9.17) is 4.42 Å². The molecule has 4 rings (SSSR count). The van der Waals surface area contributed by atoms with Crippen LogP contribution >= 0.6 is 0 Å². The third kappa shape index (κ3) is 3.05. The molecule has 1 aliphatic rings. The molecule has 0 aliphatic carbocycles. The van der Waals surface area contributed by atoms with Gasteiger partial charge in [-0.2, -0.15) is 4.57 Å². The Morgan fingerprint density at radius 3 is 2.61 bits per heavy atom. The monoisotopic (exact) mass is 373 g/mol. The second kappa shape index (κ2) is 7.31. The number of oxazole rings is 1. The second-order valence-electron chi connectivity index (χ2n) is 8.03. The van der Waals surface area contributed by atoms with E-state index in [1.807, 2.05) is 12.1 Å². The van der Waals surface area contributed by atoms with Crippen LogP contribution in [0.5, 0.6) is 0 Å². The van der Waals surface area contributed by atoms with Crippen molar-refractivity contribution in [2.75, 3.05) is 11.9 Å². The summed E-state index contributed by atoms with van der Waals surface area (Å²) in [4.78, 5) is 2.30. The minimum atomic E-state index is -0.0122. The summed E-state index contributed by atoms with van der Waals surface area (Å²) in [6.45, 7) is 7.77. The van der Waals surface area contributed by atoms with Crippen LogP contribution in [0.4, 0.5) is 5.69 Å². The summed E-state index contributed by atoms with van der Waals surface area (Å²) in [5.41, 5.74) is 6.04. The molecule has 1 aliphatic heterocycles. The summed E-state index contributed by atoms with van der Waals surface area (Å²) in [5.74, 6) is 0.905. The standard InChI is InChI=1S/C25H29N2O/c1-5-6-18-27-21-14-9-10-15-22(21)28-24(27)17-11-16-23-25(2,3)19-12-7-8-13-20(19)26(23)4/h7-17H,5-6,18H2,1-4H3/q+1. The maximum atomic E-state index is 6.13. The number of para-hydroxylation sites is 3. The summed E-state index contributed by atoms with van der Waals surface area (Å²) < 4.78 is 8.42. The highest BCUT2D eigenvalue weighted by Gasteiger charge is 2.37. The molecule has 3 nitrogen and oxygen atoms in total. The molecule has 28 heavy (non-hydrogen) atoms. The molecule has 2 aromatic carbocycles. The van der Waals surface area contributed by atoms with Crippen LogP contribution in [0, 0.1) is 0 Å². The van der Waals surface area contributed by atoms with Crippen molar-refractivity contribution in [1.29, 1.82) is 0 Å². The Bertz CT molecular complexity index is 1060. The first-order chi connectivity index (χ1) is 13.5.